The zero-order valence-corrected chi connectivity index (χ0v) is 11.1. The van der Waals surface area contributed by atoms with Crippen LogP contribution in [0.15, 0.2) is 18.2 Å². The number of aromatic hydroxyl groups is 1. The Labute approximate surface area is 115 Å². The van der Waals surface area contributed by atoms with Crippen LogP contribution in [-0.2, 0) is 14.3 Å². The van der Waals surface area contributed by atoms with Gasteiger partial charge in [-0.2, -0.15) is 0 Å². The topological polar surface area (TPSA) is 83.9 Å². The molecule has 0 aliphatic carbocycles. The van der Waals surface area contributed by atoms with Gasteiger partial charge in [-0.15, -0.1) is 0 Å². The summed E-state index contributed by atoms with van der Waals surface area (Å²) in [7, 11) is 0. The summed E-state index contributed by atoms with van der Waals surface area (Å²) in [5, 5.41) is 9.51. The summed E-state index contributed by atoms with van der Waals surface area (Å²) in [6.07, 6.45) is 0.996. The van der Waals surface area contributed by atoms with Gasteiger partial charge in [0, 0.05) is 13.0 Å². The Morgan fingerprint density at radius 3 is 2.75 bits per heavy atom. The maximum atomic E-state index is 11.7. The van der Waals surface area contributed by atoms with Crippen LogP contribution in [0.5, 0.6) is 5.75 Å². The van der Waals surface area contributed by atoms with Crippen molar-refractivity contribution in [2.75, 3.05) is 13.2 Å². The monoisotopic (exact) mass is 277 g/mol. The van der Waals surface area contributed by atoms with Crippen molar-refractivity contribution in [3.05, 3.63) is 29.3 Å². The first-order valence-electron chi connectivity index (χ1n) is 6.29. The van der Waals surface area contributed by atoms with Gasteiger partial charge in [0.1, 0.15) is 5.75 Å². The molecule has 0 unspecified atom stereocenters. The average molecular weight is 277 g/mol. The first-order valence-corrected chi connectivity index (χ1v) is 6.29. The molecule has 1 aliphatic heterocycles. The third kappa shape index (κ3) is 2.96. The zero-order chi connectivity index (χ0) is 14.7. The smallest absolute Gasteiger partial charge is 0.338 e. The number of imide groups is 1. The minimum absolute atomic E-state index is 0.0134. The molecule has 20 heavy (non-hydrogen) atoms. The molecule has 0 saturated carbocycles. The molecule has 0 aromatic heterocycles. The molecule has 1 aromatic carbocycles. The molecule has 0 bridgehead atoms. The van der Waals surface area contributed by atoms with Crippen molar-refractivity contribution >= 4 is 17.8 Å². The van der Waals surface area contributed by atoms with Crippen LogP contribution < -0.4 is 0 Å². The molecule has 106 valence electrons. The molecule has 2 rings (SSSR count). The molecule has 1 N–H and O–H groups in total. The lowest BCUT2D eigenvalue weighted by atomic mass is 10.1. The Hall–Kier alpha value is -2.37. The van der Waals surface area contributed by atoms with Crippen LogP contribution in [-0.4, -0.2) is 40.9 Å². The molecule has 0 radical (unpaired) electrons. The average Bonchev–Trinajstić information content (AvgIpc) is 2.85. The van der Waals surface area contributed by atoms with Crippen LogP contribution in [0.4, 0.5) is 0 Å². The number of phenolic OH excluding ortho intramolecular Hbond substituents is 1. The summed E-state index contributed by atoms with van der Waals surface area (Å²) in [4.78, 5) is 35.9. The van der Waals surface area contributed by atoms with Crippen molar-refractivity contribution in [3.63, 3.8) is 0 Å². The van der Waals surface area contributed by atoms with E-state index in [0.29, 0.717) is 24.9 Å². The lowest BCUT2D eigenvalue weighted by Gasteiger charge is -2.13. The molecular weight excluding hydrogens is 262 g/mol. The van der Waals surface area contributed by atoms with Crippen molar-refractivity contribution in [1.29, 1.82) is 0 Å². The summed E-state index contributed by atoms with van der Waals surface area (Å²) in [6, 6.07) is 4.36. The quantitative estimate of drug-likeness (QED) is 0.833. The van der Waals surface area contributed by atoms with Crippen molar-refractivity contribution < 1.29 is 24.2 Å². The van der Waals surface area contributed by atoms with Crippen LogP contribution in [0, 0.1) is 6.92 Å². The van der Waals surface area contributed by atoms with E-state index in [-0.39, 0.29) is 17.2 Å². The van der Waals surface area contributed by atoms with Crippen LogP contribution >= 0.6 is 0 Å². The number of ether oxygens (including phenoxy) is 1. The number of phenols is 1. The summed E-state index contributed by atoms with van der Waals surface area (Å²) < 4.78 is 4.85. The van der Waals surface area contributed by atoms with Gasteiger partial charge in [-0.05, 0) is 31.0 Å². The first kappa shape index (κ1) is 14.0. The van der Waals surface area contributed by atoms with Gasteiger partial charge in [0.25, 0.3) is 5.91 Å². The molecule has 1 saturated heterocycles. The minimum atomic E-state index is -0.708. The molecule has 0 spiro atoms. The van der Waals surface area contributed by atoms with E-state index in [1.807, 2.05) is 0 Å². The number of carbonyl (C=O) groups excluding carboxylic acids is 3. The maximum Gasteiger partial charge on any atom is 0.338 e. The van der Waals surface area contributed by atoms with E-state index < -0.39 is 18.5 Å². The van der Waals surface area contributed by atoms with Gasteiger partial charge in [-0.25, -0.2) is 4.79 Å². The molecule has 0 atom stereocenters. The highest BCUT2D eigenvalue weighted by Crippen LogP contribution is 2.18. The number of amides is 2. The van der Waals surface area contributed by atoms with E-state index in [0.717, 1.165) is 4.90 Å². The fraction of sp³-hybridized carbons (Fsp3) is 0.357. The summed E-state index contributed by atoms with van der Waals surface area (Å²) in [6.45, 7) is 1.60. The van der Waals surface area contributed by atoms with E-state index in [4.69, 9.17) is 4.74 Å². The van der Waals surface area contributed by atoms with Crippen molar-refractivity contribution in [2.45, 2.75) is 19.8 Å². The SMILES string of the molecule is Cc1ccc(C(=O)OCC(=O)N2CCCC2=O)cc1O. The van der Waals surface area contributed by atoms with Gasteiger partial charge in [0.05, 0.1) is 5.56 Å². The Kier molecular flexibility index (Phi) is 4.02. The number of hydrogen-bond acceptors (Lipinski definition) is 5. The van der Waals surface area contributed by atoms with Gasteiger partial charge in [0.2, 0.25) is 5.91 Å². The largest absolute Gasteiger partial charge is 0.508 e. The van der Waals surface area contributed by atoms with Gasteiger partial charge in [-0.3, -0.25) is 14.5 Å². The fourth-order valence-corrected chi connectivity index (χ4v) is 1.94. The Bertz CT molecular complexity index is 567. The van der Waals surface area contributed by atoms with Crippen LogP contribution in [0.2, 0.25) is 0 Å². The Morgan fingerprint density at radius 1 is 1.40 bits per heavy atom. The molecular formula is C14H15NO5. The van der Waals surface area contributed by atoms with E-state index in [1.165, 1.54) is 12.1 Å². The number of nitrogens with zero attached hydrogens (tertiary/aromatic N) is 1. The number of benzene rings is 1. The normalized spacial score (nSPS) is 14.4. The minimum Gasteiger partial charge on any atom is -0.508 e. The standard InChI is InChI=1S/C14H15NO5/c1-9-4-5-10(7-11(9)16)14(19)20-8-13(18)15-6-2-3-12(15)17/h4-5,7,16H,2-3,6,8H2,1H3. The van der Waals surface area contributed by atoms with Crippen molar-refractivity contribution in [2.24, 2.45) is 0 Å². The number of hydrogen-bond donors (Lipinski definition) is 1. The molecule has 6 heteroatoms. The van der Waals surface area contributed by atoms with Crippen molar-refractivity contribution in [1.82, 2.24) is 4.90 Å². The fourth-order valence-electron chi connectivity index (χ4n) is 1.94. The van der Waals surface area contributed by atoms with Crippen molar-refractivity contribution in [3.8, 4) is 5.75 Å². The van der Waals surface area contributed by atoms with E-state index in [2.05, 4.69) is 0 Å². The van der Waals surface area contributed by atoms with Gasteiger partial charge >= 0.3 is 5.97 Å². The summed E-state index contributed by atoms with van der Waals surface area (Å²) in [5.74, 6) is -1.47. The number of carbonyl (C=O) groups is 3. The van der Waals surface area contributed by atoms with Gasteiger partial charge < -0.3 is 9.84 Å². The predicted molar refractivity (Wildman–Crippen MR) is 69.1 cm³/mol. The van der Waals surface area contributed by atoms with Crippen LogP contribution in [0.25, 0.3) is 0 Å². The first-order chi connectivity index (χ1) is 9.49. The third-order valence-electron chi connectivity index (χ3n) is 3.15. The molecule has 2 amide bonds. The number of likely N-dealkylation sites (tertiary alicyclic amines) is 1. The summed E-state index contributed by atoms with van der Waals surface area (Å²) in [5.41, 5.74) is 0.800. The van der Waals surface area contributed by atoms with E-state index in [1.54, 1.807) is 13.0 Å². The van der Waals surface area contributed by atoms with Crippen LogP contribution in [0.1, 0.15) is 28.8 Å². The molecule has 1 aliphatic rings. The molecule has 1 aromatic rings. The Balaban J connectivity index is 1.93. The lowest BCUT2D eigenvalue weighted by molar-refractivity contribution is -0.143. The van der Waals surface area contributed by atoms with E-state index in [9.17, 15) is 19.5 Å². The second-order valence-electron chi connectivity index (χ2n) is 4.62. The second kappa shape index (κ2) is 5.73. The molecule has 1 fully saturated rings. The predicted octanol–water partition coefficient (Wildman–Crippen LogP) is 1.01. The molecule has 6 nitrogen and oxygen atoms in total. The number of esters is 1. The highest BCUT2D eigenvalue weighted by Gasteiger charge is 2.27. The van der Waals surface area contributed by atoms with Crippen LogP contribution in [0.3, 0.4) is 0 Å². The number of rotatable bonds is 3. The highest BCUT2D eigenvalue weighted by molar-refractivity contribution is 5.98. The third-order valence-corrected chi connectivity index (χ3v) is 3.15. The van der Waals surface area contributed by atoms with Gasteiger partial charge in [0.15, 0.2) is 6.61 Å². The second-order valence-corrected chi connectivity index (χ2v) is 4.62. The zero-order valence-electron chi connectivity index (χ0n) is 11.1. The maximum absolute atomic E-state index is 11.7. The lowest BCUT2D eigenvalue weighted by Crippen LogP contribution is -2.35. The van der Waals surface area contributed by atoms with Gasteiger partial charge in [-0.1, -0.05) is 6.07 Å². The Morgan fingerprint density at radius 2 is 2.15 bits per heavy atom. The summed E-state index contributed by atoms with van der Waals surface area (Å²) >= 11 is 0. The highest BCUT2D eigenvalue weighted by atomic mass is 16.5. The molecule has 1 heterocycles. The van der Waals surface area contributed by atoms with E-state index >= 15 is 0 Å². The number of aryl methyl sites for hydroxylation is 1.